The van der Waals surface area contributed by atoms with E-state index in [1.54, 1.807) is 12.5 Å². The number of nitrogens with zero attached hydrogens (tertiary/aromatic N) is 3. The first-order valence-electron chi connectivity index (χ1n) is 8.22. The van der Waals surface area contributed by atoms with E-state index in [0.717, 1.165) is 5.56 Å². The number of hydrogen-bond acceptors (Lipinski definition) is 4. The van der Waals surface area contributed by atoms with E-state index in [0.29, 0.717) is 17.9 Å². The second-order valence-electron chi connectivity index (χ2n) is 7.09. The van der Waals surface area contributed by atoms with Gasteiger partial charge in [-0.1, -0.05) is 56.3 Å². The lowest BCUT2D eigenvalue weighted by molar-refractivity contribution is 0.0893. The Morgan fingerprint density at radius 3 is 2.68 bits per heavy atom. The molecule has 0 radical (unpaired) electrons. The van der Waals surface area contributed by atoms with E-state index in [4.69, 9.17) is 4.52 Å². The summed E-state index contributed by atoms with van der Waals surface area (Å²) >= 11 is 0. The van der Waals surface area contributed by atoms with Crippen LogP contribution in [0, 0.1) is 5.41 Å². The molecule has 0 aliphatic carbocycles. The average Bonchev–Trinajstić information content (AvgIpc) is 3.25. The highest BCUT2D eigenvalue weighted by atomic mass is 16.5. The fraction of sp³-hybridized carbons (Fsp3) is 0.316. The molecule has 0 unspecified atom stereocenters. The zero-order valence-corrected chi connectivity index (χ0v) is 14.6. The van der Waals surface area contributed by atoms with Gasteiger partial charge in [0.2, 0.25) is 0 Å². The highest BCUT2D eigenvalue weighted by molar-refractivity contribution is 5.99. The summed E-state index contributed by atoms with van der Waals surface area (Å²) in [6.45, 7) is 6.93. The number of benzene rings is 1. The standard InChI is InChI=1S/C19H22N4O2/c1-19(2,3)16(12-23-10-9-20-13-23)22-18(24)15-11-21-25-17(15)14-7-5-4-6-8-14/h4-11,13,16H,12H2,1-3H3,(H,22,24)/t16-/m0/s1. The molecule has 3 aromatic rings. The molecule has 0 saturated carbocycles. The molecule has 25 heavy (non-hydrogen) atoms. The number of nitrogens with one attached hydrogen (secondary N) is 1. The van der Waals surface area contributed by atoms with Crippen LogP contribution in [0.15, 0.2) is 59.8 Å². The second kappa shape index (κ2) is 6.93. The molecule has 0 spiro atoms. The van der Waals surface area contributed by atoms with E-state index >= 15 is 0 Å². The van der Waals surface area contributed by atoms with Crippen LogP contribution in [0.4, 0.5) is 0 Å². The normalized spacial score (nSPS) is 12.8. The summed E-state index contributed by atoms with van der Waals surface area (Å²) in [5.74, 6) is 0.286. The quantitative estimate of drug-likeness (QED) is 0.774. The lowest BCUT2D eigenvalue weighted by Gasteiger charge is -2.31. The Bertz CT molecular complexity index is 817. The Kier molecular flexibility index (Phi) is 4.70. The third kappa shape index (κ3) is 3.96. The Hall–Kier alpha value is -2.89. The van der Waals surface area contributed by atoms with Gasteiger partial charge in [-0.3, -0.25) is 4.79 Å². The molecule has 6 heteroatoms. The van der Waals surface area contributed by atoms with Crippen molar-refractivity contribution in [3.63, 3.8) is 0 Å². The van der Waals surface area contributed by atoms with E-state index in [2.05, 4.69) is 36.2 Å². The SMILES string of the molecule is CC(C)(C)[C@H](Cn1ccnc1)NC(=O)c1cnoc1-c1ccccc1. The molecule has 1 atom stereocenters. The van der Waals surface area contributed by atoms with Crippen molar-refractivity contribution >= 4 is 5.91 Å². The van der Waals surface area contributed by atoms with Gasteiger partial charge in [0.1, 0.15) is 5.56 Å². The van der Waals surface area contributed by atoms with Gasteiger partial charge in [-0.05, 0) is 5.41 Å². The maximum Gasteiger partial charge on any atom is 0.257 e. The first-order chi connectivity index (χ1) is 11.9. The highest BCUT2D eigenvalue weighted by Gasteiger charge is 2.28. The fourth-order valence-electron chi connectivity index (χ4n) is 2.58. The third-order valence-electron chi connectivity index (χ3n) is 4.15. The van der Waals surface area contributed by atoms with Crippen LogP contribution >= 0.6 is 0 Å². The molecule has 0 aliphatic heterocycles. The summed E-state index contributed by atoms with van der Waals surface area (Å²) in [6, 6.07) is 9.43. The van der Waals surface area contributed by atoms with Crippen LogP contribution in [0.2, 0.25) is 0 Å². The topological polar surface area (TPSA) is 73.0 Å². The number of carbonyl (C=O) groups is 1. The van der Waals surface area contributed by atoms with Gasteiger partial charge in [0, 0.05) is 24.5 Å². The minimum atomic E-state index is -0.194. The van der Waals surface area contributed by atoms with Crippen molar-refractivity contribution in [2.75, 3.05) is 0 Å². The first-order valence-corrected chi connectivity index (χ1v) is 8.22. The van der Waals surface area contributed by atoms with Gasteiger partial charge in [-0.2, -0.15) is 0 Å². The van der Waals surface area contributed by atoms with Gasteiger partial charge in [-0.15, -0.1) is 0 Å². The van der Waals surface area contributed by atoms with E-state index in [-0.39, 0.29) is 17.4 Å². The Balaban J connectivity index is 1.82. The summed E-state index contributed by atoms with van der Waals surface area (Å²) in [5, 5.41) is 6.93. The summed E-state index contributed by atoms with van der Waals surface area (Å²) < 4.78 is 7.28. The number of rotatable bonds is 5. The molecule has 1 aromatic carbocycles. The molecule has 0 saturated heterocycles. The van der Waals surface area contributed by atoms with Crippen LogP contribution in [0.5, 0.6) is 0 Å². The maximum absolute atomic E-state index is 12.8. The molecule has 130 valence electrons. The van der Waals surface area contributed by atoms with Crippen LogP contribution in [-0.4, -0.2) is 26.7 Å². The van der Waals surface area contributed by atoms with Crippen molar-refractivity contribution < 1.29 is 9.32 Å². The summed E-state index contributed by atoms with van der Waals surface area (Å²) in [4.78, 5) is 16.9. The zero-order chi connectivity index (χ0) is 17.9. The van der Waals surface area contributed by atoms with Crippen molar-refractivity contribution in [1.29, 1.82) is 0 Å². The minimum absolute atomic E-state index is 0.0762. The number of carbonyl (C=O) groups excluding carboxylic acids is 1. The monoisotopic (exact) mass is 338 g/mol. The predicted molar refractivity (Wildman–Crippen MR) is 94.9 cm³/mol. The van der Waals surface area contributed by atoms with Crippen LogP contribution in [-0.2, 0) is 6.54 Å². The maximum atomic E-state index is 12.8. The Morgan fingerprint density at radius 1 is 1.28 bits per heavy atom. The molecule has 2 heterocycles. The Morgan fingerprint density at radius 2 is 2.04 bits per heavy atom. The van der Waals surface area contributed by atoms with Gasteiger partial charge in [0.15, 0.2) is 5.76 Å². The zero-order valence-electron chi connectivity index (χ0n) is 14.6. The van der Waals surface area contributed by atoms with E-state index in [9.17, 15) is 4.79 Å². The Labute approximate surface area is 146 Å². The molecule has 1 N–H and O–H groups in total. The van der Waals surface area contributed by atoms with Crippen LogP contribution in [0.3, 0.4) is 0 Å². The van der Waals surface area contributed by atoms with Crippen molar-refractivity contribution in [3.05, 3.63) is 60.8 Å². The van der Waals surface area contributed by atoms with Gasteiger partial charge >= 0.3 is 0 Å². The number of imidazole rings is 1. The highest BCUT2D eigenvalue weighted by Crippen LogP contribution is 2.25. The fourth-order valence-corrected chi connectivity index (χ4v) is 2.58. The van der Waals surface area contributed by atoms with Gasteiger partial charge in [-0.25, -0.2) is 4.98 Å². The molecule has 0 bridgehead atoms. The van der Waals surface area contributed by atoms with Gasteiger partial charge in [0.25, 0.3) is 5.91 Å². The molecule has 0 aliphatic rings. The molecule has 3 rings (SSSR count). The minimum Gasteiger partial charge on any atom is -0.355 e. The smallest absolute Gasteiger partial charge is 0.257 e. The second-order valence-corrected chi connectivity index (χ2v) is 7.09. The van der Waals surface area contributed by atoms with Crippen molar-refractivity contribution in [2.24, 2.45) is 5.41 Å². The molecular formula is C19H22N4O2. The average molecular weight is 338 g/mol. The first kappa shape index (κ1) is 17.0. The molecule has 0 fully saturated rings. The third-order valence-corrected chi connectivity index (χ3v) is 4.15. The van der Waals surface area contributed by atoms with Crippen LogP contribution in [0.1, 0.15) is 31.1 Å². The van der Waals surface area contributed by atoms with Crippen LogP contribution in [0.25, 0.3) is 11.3 Å². The lowest BCUT2D eigenvalue weighted by Crippen LogP contribution is -2.46. The summed E-state index contributed by atoms with van der Waals surface area (Å²) in [5.41, 5.74) is 1.14. The van der Waals surface area contributed by atoms with Crippen molar-refractivity contribution in [1.82, 2.24) is 20.0 Å². The van der Waals surface area contributed by atoms with Gasteiger partial charge in [0.05, 0.1) is 18.6 Å². The molecule has 1 amide bonds. The van der Waals surface area contributed by atoms with E-state index in [1.807, 2.05) is 41.1 Å². The summed E-state index contributed by atoms with van der Waals surface area (Å²) in [6.07, 6.45) is 6.84. The van der Waals surface area contributed by atoms with Gasteiger partial charge < -0.3 is 14.4 Å². The largest absolute Gasteiger partial charge is 0.355 e. The predicted octanol–water partition coefficient (Wildman–Crippen LogP) is 3.38. The molecule has 2 aromatic heterocycles. The van der Waals surface area contributed by atoms with Crippen LogP contribution < -0.4 is 5.32 Å². The number of amides is 1. The van der Waals surface area contributed by atoms with Crippen molar-refractivity contribution in [2.45, 2.75) is 33.4 Å². The van der Waals surface area contributed by atoms with E-state index < -0.39 is 0 Å². The van der Waals surface area contributed by atoms with E-state index in [1.165, 1.54) is 6.20 Å². The molecular weight excluding hydrogens is 316 g/mol. The number of aromatic nitrogens is 3. The summed E-state index contributed by atoms with van der Waals surface area (Å²) in [7, 11) is 0. The van der Waals surface area contributed by atoms with Crippen molar-refractivity contribution in [3.8, 4) is 11.3 Å². The lowest BCUT2D eigenvalue weighted by atomic mass is 9.86. The molecule has 6 nitrogen and oxygen atoms in total. The number of hydrogen-bond donors (Lipinski definition) is 1.